The van der Waals surface area contributed by atoms with Crippen molar-refractivity contribution in [2.75, 3.05) is 18.0 Å². The van der Waals surface area contributed by atoms with Crippen LogP contribution in [0.5, 0.6) is 0 Å². The molecule has 8 heteroatoms. The third-order valence-corrected chi connectivity index (χ3v) is 5.97. The molecule has 0 radical (unpaired) electrons. The van der Waals surface area contributed by atoms with Gasteiger partial charge in [0.15, 0.2) is 0 Å². The van der Waals surface area contributed by atoms with Crippen molar-refractivity contribution in [3.8, 4) is 22.6 Å². The highest BCUT2D eigenvalue weighted by atomic mass is 16.4. The summed E-state index contributed by atoms with van der Waals surface area (Å²) in [5.74, 6) is 0.985. The molecule has 0 atom stereocenters. The summed E-state index contributed by atoms with van der Waals surface area (Å²) in [6.45, 7) is 3.62. The monoisotopic (exact) mass is 428 g/mol. The predicted molar refractivity (Wildman–Crippen MR) is 122 cm³/mol. The molecule has 1 saturated heterocycles. The SMILES string of the molecule is Cc1ccc2nc(-c3ccc(-c4cnc(N5CCC(CC(=O)O)CC5)nc4)nc3)[nH]c2c1. The van der Waals surface area contributed by atoms with Gasteiger partial charge < -0.3 is 15.0 Å². The zero-order valence-electron chi connectivity index (χ0n) is 17.8. The molecule has 0 spiro atoms. The number of aromatic nitrogens is 5. The second-order valence-corrected chi connectivity index (χ2v) is 8.34. The van der Waals surface area contributed by atoms with Gasteiger partial charge in [0.05, 0.1) is 16.7 Å². The number of benzene rings is 1. The van der Waals surface area contributed by atoms with E-state index < -0.39 is 5.97 Å². The van der Waals surface area contributed by atoms with Crippen LogP contribution in [0.3, 0.4) is 0 Å². The zero-order chi connectivity index (χ0) is 22.1. The molecule has 0 unspecified atom stereocenters. The van der Waals surface area contributed by atoms with Crippen molar-refractivity contribution in [2.24, 2.45) is 5.92 Å². The van der Waals surface area contributed by atoms with E-state index in [4.69, 9.17) is 5.11 Å². The number of carbonyl (C=O) groups is 1. The van der Waals surface area contributed by atoms with Gasteiger partial charge in [0, 0.05) is 49.2 Å². The van der Waals surface area contributed by atoms with Gasteiger partial charge in [-0.2, -0.15) is 0 Å². The number of piperidine rings is 1. The standard InChI is InChI=1S/C24H24N6O2/c1-15-2-4-20-21(10-15)29-23(28-20)17-3-5-19(25-12-17)18-13-26-24(27-14-18)30-8-6-16(7-9-30)11-22(31)32/h2-5,10,12-14,16H,6-9,11H2,1H3,(H,28,29)(H,31,32). The van der Waals surface area contributed by atoms with E-state index in [0.29, 0.717) is 5.95 Å². The smallest absolute Gasteiger partial charge is 0.303 e. The van der Waals surface area contributed by atoms with E-state index in [1.54, 1.807) is 18.6 Å². The Balaban J connectivity index is 1.27. The summed E-state index contributed by atoms with van der Waals surface area (Å²) in [5, 5.41) is 8.96. The number of aliphatic carboxylic acids is 1. The molecule has 2 N–H and O–H groups in total. The Labute approximate surface area is 185 Å². The summed E-state index contributed by atoms with van der Waals surface area (Å²) in [6.07, 6.45) is 7.32. The highest BCUT2D eigenvalue weighted by Crippen LogP contribution is 2.25. The second-order valence-electron chi connectivity index (χ2n) is 8.34. The number of carboxylic acid groups (broad SMARTS) is 1. The first-order valence-electron chi connectivity index (χ1n) is 10.8. The van der Waals surface area contributed by atoms with Crippen molar-refractivity contribution in [2.45, 2.75) is 26.2 Å². The van der Waals surface area contributed by atoms with Crippen LogP contribution < -0.4 is 4.90 Å². The third-order valence-electron chi connectivity index (χ3n) is 5.97. The van der Waals surface area contributed by atoms with Gasteiger partial charge in [-0.1, -0.05) is 6.07 Å². The normalized spacial score (nSPS) is 14.7. The summed E-state index contributed by atoms with van der Waals surface area (Å²) < 4.78 is 0. The Hall–Kier alpha value is -3.81. The van der Waals surface area contributed by atoms with Gasteiger partial charge in [-0.15, -0.1) is 0 Å². The second kappa shape index (κ2) is 8.37. The lowest BCUT2D eigenvalue weighted by Crippen LogP contribution is -2.35. The Bertz CT molecular complexity index is 1240. The fraction of sp³-hybridized carbons (Fsp3) is 0.292. The molecule has 1 aliphatic rings. The average Bonchev–Trinajstić information content (AvgIpc) is 3.23. The Kier molecular flexibility index (Phi) is 5.26. The molecule has 32 heavy (non-hydrogen) atoms. The van der Waals surface area contributed by atoms with Crippen LogP contribution >= 0.6 is 0 Å². The number of fused-ring (bicyclic) bond motifs is 1. The number of H-pyrrole nitrogens is 1. The fourth-order valence-corrected chi connectivity index (χ4v) is 4.17. The van der Waals surface area contributed by atoms with Crippen molar-refractivity contribution >= 4 is 23.0 Å². The third kappa shape index (κ3) is 4.16. The van der Waals surface area contributed by atoms with Crippen LogP contribution in [0.4, 0.5) is 5.95 Å². The molecule has 5 rings (SSSR count). The van der Waals surface area contributed by atoms with E-state index in [1.165, 1.54) is 5.56 Å². The molecule has 1 aromatic carbocycles. The van der Waals surface area contributed by atoms with Crippen LogP contribution in [-0.4, -0.2) is 49.1 Å². The quantitative estimate of drug-likeness (QED) is 0.493. The largest absolute Gasteiger partial charge is 0.481 e. The summed E-state index contributed by atoms with van der Waals surface area (Å²) in [4.78, 5) is 34.6. The number of carboxylic acids is 1. The zero-order valence-corrected chi connectivity index (χ0v) is 17.8. The van der Waals surface area contributed by atoms with Gasteiger partial charge in [0.1, 0.15) is 5.82 Å². The minimum atomic E-state index is -0.724. The van der Waals surface area contributed by atoms with Gasteiger partial charge in [0.2, 0.25) is 5.95 Å². The summed E-state index contributed by atoms with van der Waals surface area (Å²) in [7, 11) is 0. The topological polar surface area (TPSA) is 108 Å². The molecule has 1 fully saturated rings. The van der Waals surface area contributed by atoms with Gasteiger partial charge in [-0.05, 0) is 55.5 Å². The number of aryl methyl sites for hydroxylation is 1. The Morgan fingerprint density at radius 1 is 1.06 bits per heavy atom. The minimum absolute atomic E-state index is 0.238. The maximum absolute atomic E-state index is 10.9. The highest BCUT2D eigenvalue weighted by Gasteiger charge is 2.22. The van der Waals surface area contributed by atoms with E-state index in [-0.39, 0.29) is 12.3 Å². The molecule has 162 valence electrons. The first kappa shape index (κ1) is 20.1. The molecule has 3 aromatic heterocycles. The van der Waals surface area contributed by atoms with E-state index in [9.17, 15) is 4.79 Å². The fourth-order valence-electron chi connectivity index (χ4n) is 4.17. The molecule has 0 saturated carbocycles. The number of aromatic amines is 1. The number of hydrogen-bond donors (Lipinski definition) is 2. The number of pyridine rings is 1. The van der Waals surface area contributed by atoms with Crippen LogP contribution in [0, 0.1) is 12.8 Å². The summed E-state index contributed by atoms with van der Waals surface area (Å²) >= 11 is 0. The molecule has 0 bridgehead atoms. The molecule has 8 nitrogen and oxygen atoms in total. The molecule has 4 heterocycles. The first-order valence-corrected chi connectivity index (χ1v) is 10.8. The summed E-state index contributed by atoms with van der Waals surface area (Å²) in [5.41, 5.74) is 5.71. The molecule has 4 aromatic rings. The van der Waals surface area contributed by atoms with E-state index in [1.807, 2.05) is 18.2 Å². The lowest BCUT2D eigenvalue weighted by Gasteiger charge is -2.31. The van der Waals surface area contributed by atoms with E-state index >= 15 is 0 Å². The predicted octanol–water partition coefficient (Wildman–Crippen LogP) is 4.08. The first-order chi connectivity index (χ1) is 15.5. The number of nitrogens with zero attached hydrogens (tertiary/aromatic N) is 5. The number of imidazole rings is 1. The lowest BCUT2D eigenvalue weighted by atomic mass is 9.94. The van der Waals surface area contributed by atoms with Gasteiger partial charge in [-0.3, -0.25) is 9.78 Å². The number of anilines is 1. The number of rotatable bonds is 5. The van der Waals surface area contributed by atoms with Crippen LogP contribution in [0.15, 0.2) is 48.9 Å². The van der Waals surface area contributed by atoms with E-state index in [2.05, 4.69) is 48.9 Å². The number of nitrogens with one attached hydrogen (secondary N) is 1. The van der Waals surface area contributed by atoms with Crippen LogP contribution in [0.2, 0.25) is 0 Å². The van der Waals surface area contributed by atoms with Crippen molar-refractivity contribution in [3.05, 3.63) is 54.5 Å². The summed E-state index contributed by atoms with van der Waals surface area (Å²) in [6, 6.07) is 10.1. The van der Waals surface area contributed by atoms with Crippen molar-refractivity contribution in [1.29, 1.82) is 0 Å². The Morgan fingerprint density at radius 2 is 1.81 bits per heavy atom. The minimum Gasteiger partial charge on any atom is -0.481 e. The number of hydrogen-bond acceptors (Lipinski definition) is 6. The van der Waals surface area contributed by atoms with Gasteiger partial charge in [0.25, 0.3) is 0 Å². The van der Waals surface area contributed by atoms with E-state index in [0.717, 1.165) is 59.6 Å². The van der Waals surface area contributed by atoms with Crippen molar-refractivity contribution < 1.29 is 9.90 Å². The van der Waals surface area contributed by atoms with Gasteiger partial charge in [-0.25, -0.2) is 15.0 Å². The van der Waals surface area contributed by atoms with Crippen molar-refractivity contribution in [1.82, 2.24) is 24.9 Å². The molecule has 0 aliphatic carbocycles. The van der Waals surface area contributed by atoms with Gasteiger partial charge >= 0.3 is 5.97 Å². The lowest BCUT2D eigenvalue weighted by molar-refractivity contribution is -0.138. The molecule has 0 amide bonds. The average molecular weight is 428 g/mol. The molecule has 1 aliphatic heterocycles. The highest BCUT2D eigenvalue weighted by molar-refractivity contribution is 5.80. The maximum atomic E-state index is 10.9. The maximum Gasteiger partial charge on any atom is 0.303 e. The van der Waals surface area contributed by atoms with Crippen molar-refractivity contribution in [3.63, 3.8) is 0 Å². The van der Waals surface area contributed by atoms with Crippen LogP contribution in [0.25, 0.3) is 33.7 Å². The van der Waals surface area contributed by atoms with Crippen LogP contribution in [-0.2, 0) is 4.79 Å². The van der Waals surface area contributed by atoms with Crippen LogP contribution in [0.1, 0.15) is 24.8 Å². The molecular formula is C24H24N6O2. The Morgan fingerprint density at radius 3 is 2.50 bits per heavy atom. The molecular weight excluding hydrogens is 404 g/mol.